The lowest BCUT2D eigenvalue weighted by molar-refractivity contribution is -0.144. The molecule has 1 aromatic rings. The third kappa shape index (κ3) is 4.50. The molecule has 3 unspecified atom stereocenters. The topological polar surface area (TPSA) is 108 Å². The largest absolute Gasteiger partial charge is 0.416 e. The highest BCUT2D eigenvalue weighted by Gasteiger charge is 2.45. The fraction of sp³-hybridized carbons (Fsp3) is 0.348. The highest BCUT2D eigenvalue weighted by Crippen LogP contribution is 2.32. The zero-order valence-electron chi connectivity index (χ0n) is 18.1. The van der Waals surface area contributed by atoms with Crippen molar-refractivity contribution in [3.63, 3.8) is 0 Å². The van der Waals surface area contributed by atoms with Crippen LogP contribution in [0.15, 0.2) is 53.1 Å². The van der Waals surface area contributed by atoms with E-state index in [1.165, 1.54) is 11.0 Å². The maximum absolute atomic E-state index is 13.4. The van der Waals surface area contributed by atoms with Crippen LogP contribution >= 0.6 is 0 Å². The molecule has 3 atom stereocenters. The van der Waals surface area contributed by atoms with Crippen molar-refractivity contribution in [2.75, 3.05) is 6.54 Å². The molecule has 0 radical (unpaired) electrons. The summed E-state index contributed by atoms with van der Waals surface area (Å²) in [6.07, 6.45) is 0.748. The van der Waals surface area contributed by atoms with Gasteiger partial charge in [0.05, 0.1) is 17.5 Å². The van der Waals surface area contributed by atoms with Gasteiger partial charge in [-0.2, -0.15) is 13.2 Å². The van der Waals surface area contributed by atoms with E-state index in [4.69, 9.17) is 0 Å². The Kier molecular flexibility index (Phi) is 6.11. The molecule has 2 heterocycles. The number of amides is 4. The Hall–Kier alpha value is -3.76. The predicted octanol–water partition coefficient (Wildman–Crippen LogP) is 1.98. The first-order chi connectivity index (χ1) is 16.1. The van der Waals surface area contributed by atoms with Crippen LogP contribution in [0.2, 0.25) is 0 Å². The molecule has 4 rings (SSSR count). The Morgan fingerprint density at radius 2 is 2.03 bits per heavy atom. The van der Waals surface area contributed by atoms with Gasteiger partial charge in [-0.25, -0.2) is 0 Å². The number of halogens is 3. The van der Waals surface area contributed by atoms with E-state index in [1.807, 2.05) is 0 Å². The van der Waals surface area contributed by atoms with E-state index in [1.54, 1.807) is 25.2 Å². The average molecular weight is 474 g/mol. The van der Waals surface area contributed by atoms with Crippen molar-refractivity contribution in [3.8, 4) is 0 Å². The van der Waals surface area contributed by atoms with Crippen molar-refractivity contribution in [3.05, 3.63) is 59.2 Å². The van der Waals surface area contributed by atoms with E-state index >= 15 is 0 Å². The molecule has 178 valence electrons. The summed E-state index contributed by atoms with van der Waals surface area (Å²) in [6, 6.07) is 2.64. The lowest BCUT2D eigenvalue weighted by atomic mass is 9.84. The summed E-state index contributed by atoms with van der Waals surface area (Å²) in [5.41, 5.74) is -0.592. The van der Waals surface area contributed by atoms with Crippen molar-refractivity contribution < 1.29 is 32.3 Å². The molecule has 4 amide bonds. The fourth-order valence-electron chi connectivity index (χ4n) is 4.33. The van der Waals surface area contributed by atoms with Crippen LogP contribution < -0.4 is 10.6 Å². The van der Waals surface area contributed by atoms with Crippen molar-refractivity contribution in [1.82, 2.24) is 15.5 Å². The normalized spacial score (nSPS) is 24.8. The number of piperidine rings is 1. The van der Waals surface area contributed by atoms with Gasteiger partial charge in [0.15, 0.2) is 0 Å². The quantitative estimate of drug-likeness (QED) is 0.651. The number of hydrogen-bond donors (Lipinski definition) is 2. The number of aliphatic imine (C=N–C) groups is 1. The van der Waals surface area contributed by atoms with Gasteiger partial charge in [0.1, 0.15) is 11.9 Å². The van der Waals surface area contributed by atoms with Crippen LogP contribution in [0.5, 0.6) is 0 Å². The first-order valence-corrected chi connectivity index (χ1v) is 10.6. The molecule has 2 aliphatic heterocycles. The van der Waals surface area contributed by atoms with Crippen molar-refractivity contribution in [1.29, 1.82) is 0 Å². The Morgan fingerprint density at radius 3 is 2.74 bits per heavy atom. The molecular weight excluding hydrogens is 453 g/mol. The van der Waals surface area contributed by atoms with Gasteiger partial charge >= 0.3 is 6.18 Å². The average Bonchev–Trinajstić information content (AvgIpc) is 2.78. The Morgan fingerprint density at radius 1 is 1.26 bits per heavy atom. The second-order valence-electron chi connectivity index (χ2n) is 8.21. The Bertz CT molecular complexity index is 1160. The number of carbonyl (C=O) groups excluding carboxylic acids is 4. The van der Waals surface area contributed by atoms with Crippen LogP contribution in [0.3, 0.4) is 0 Å². The molecule has 0 spiro atoms. The van der Waals surface area contributed by atoms with E-state index in [0.717, 1.165) is 18.2 Å². The van der Waals surface area contributed by atoms with E-state index in [0.29, 0.717) is 11.4 Å². The first-order valence-electron chi connectivity index (χ1n) is 10.6. The Labute approximate surface area is 192 Å². The van der Waals surface area contributed by atoms with E-state index in [2.05, 4.69) is 15.6 Å². The van der Waals surface area contributed by atoms with E-state index < -0.39 is 53.4 Å². The van der Waals surface area contributed by atoms with Crippen LogP contribution in [0.1, 0.15) is 35.7 Å². The van der Waals surface area contributed by atoms with Gasteiger partial charge in [0.2, 0.25) is 17.7 Å². The molecule has 11 heteroatoms. The van der Waals surface area contributed by atoms with Crippen LogP contribution in [0.25, 0.3) is 0 Å². The number of alkyl halides is 3. The summed E-state index contributed by atoms with van der Waals surface area (Å²) in [5, 5.41) is 4.80. The fourth-order valence-corrected chi connectivity index (χ4v) is 4.33. The molecule has 1 saturated heterocycles. The van der Waals surface area contributed by atoms with Gasteiger partial charge in [0, 0.05) is 18.5 Å². The number of benzene rings is 1. The number of allylic oxidation sites excluding steroid dienone is 2. The van der Waals surface area contributed by atoms with Gasteiger partial charge in [-0.3, -0.25) is 34.4 Å². The zero-order valence-corrected chi connectivity index (χ0v) is 18.1. The van der Waals surface area contributed by atoms with Gasteiger partial charge < -0.3 is 5.32 Å². The number of carbonyl (C=O) groups is 4. The highest BCUT2D eigenvalue weighted by molar-refractivity contribution is 6.09. The molecule has 34 heavy (non-hydrogen) atoms. The van der Waals surface area contributed by atoms with Crippen LogP contribution in [-0.2, 0) is 20.6 Å². The van der Waals surface area contributed by atoms with Crippen molar-refractivity contribution in [2.24, 2.45) is 10.9 Å². The molecule has 0 saturated carbocycles. The Balaban J connectivity index is 1.51. The van der Waals surface area contributed by atoms with Crippen molar-refractivity contribution in [2.45, 2.75) is 38.0 Å². The number of nitrogens with one attached hydrogen (secondary N) is 2. The van der Waals surface area contributed by atoms with Gasteiger partial charge in [-0.05, 0) is 37.1 Å². The SMILES string of the molecule is CC1=NC2C=CC=C(CNC(=O)c3cccc(C(F)(F)F)c3)C2C(=O)N1C1CCC(=O)NC1=O. The molecule has 1 aliphatic carbocycles. The predicted molar refractivity (Wildman–Crippen MR) is 114 cm³/mol. The molecule has 1 fully saturated rings. The van der Waals surface area contributed by atoms with Gasteiger partial charge in [0.25, 0.3) is 5.91 Å². The molecule has 1 aromatic carbocycles. The molecule has 0 bridgehead atoms. The number of amidine groups is 1. The summed E-state index contributed by atoms with van der Waals surface area (Å²) in [7, 11) is 0. The maximum Gasteiger partial charge on any atom is 0.416 e. The summed E-state index contributed by atoms with van der Waals surface area (Å²) >= 11 is 0. The van der Waals surface area contributed by atoms with E-state index in [9.17, 15) is 32.3 Å². The monoisotopic (exact) mass is 474 g/mol. The summed E-state index contributed by atoms with van der Waals surface area (Å²) < 4.78 is 38.9. The molecule has 0 aromatic heterocycles. The van der Waals surface area contributed by atoms with Crippen LogP contribution in [-0.4, -0.2) is 53.0 Å². The minimum absolute atomic E-state index is 0.0932. The minimum Gasteiger partial charge on any atom is -0.348 e. The lowest BCUT2D eigenvalue weighted by Gasteiger charge is -2.41. The summed E-state index contributed by atoms with van der Waals surface area (Å²) in [5.74, 6) is -2.54. The zero-order chi connectivity index (χ0) is 24.6. The second-order valence-corrected chi connectivity index (χ2v) is 8.21. The van der Waals surface area contributed by atoms with Gasteiger partial charge in [-0.1, -0.05) is 24.3 Å². The summed E-state index contributed by atoms with van der Waals surface area (Å²) in [6.45, 7) is 1.52. The molecular formula is C23H21F3N4O4. The lowest BCUT2D eigenvalue weighted by Crippen LogP contribution is -2.60. The van der Waals surface area contributed by atoms with Crippen LogP contribution in [0, 0.1) is 5.92 Å². The second kappa shape index (κ2) is 8.88. The first kappa shape index (κ1) is 23.4. The molecule has 2 N–H and O–H groups in total. The molecule has 8 nitrogen and oxygen atoms in total. The van der Waals surface area contributed by atoms with Gasteiger partial charge in [-0.15, -0.1) is 0 Å². The molecule has 3 aliphatic rings. The number of imide groups is 1. The smallest absolute Gasteiger partial charge is 0.348 e. The number of fused-ring (bicyclic) bond motifs is 1. The van der Waals surface area contributed by atoms with E-state index in [-0.39, 0.29) is 24.9 Å². The number of nitrogens with zero attached hydrogens (tertiary/aromatic N) is 2. The third-order valence-electron chi connectivity index (χ3n) is 5.97. The number of rotatable bonds is 4. The third-order valence-corrected chi connectivity index (χ3v) is 5.97. The standard InChI is InChI=1S/C23H21F3N4O4/c1-12-28-16-7-3-5-14(11-27-20(32)13-4-2-6-15(10-13)23(24,25)26)19(16)22(34)30(12)17-8-9-18(31)29-21(17)33/h2-7,10,16-17,19H,8-9,11H2,1H3,(H,27,32)(H,29,31,33). The minimum atomic E-state index is -4.58. The van der Waals surface area contributed by atoms with Crippen molar-refractivity contribution >= 4 is 29.5 Å². The maximum atomic E-state index is 13.4. The highest BCUT2D eigenvalue weighted by atomic mass is 19.4. The summed E-state index contributed by atoms with van der Waals surface area (Å²) in [4.78, 5) is 55.6. The number of hydrogen-bond acceptors (Lipinski definition) is 5. The van der Waals surface area contributed by atoms with Crippen LogP contribution in [0.4, 0.5) is 13.2 Å².